The first-order chi connectivity index (χ1) is 8.54. The molecule has 0 unspecified atom stereocenters. The highest BCUT2D eigenvalue weighted by Crippen LogP contribution is 2.35. The van der Waals surface area contributed by atoms with Crippen LogP contribution in [-0.4, -0.2) is 23.0 Å². The zero-order chi connectivity index (χ0) is 13.3. The van der Waals surface area contributed by atoms with Crippen molar-refractivity contribution in [3.8, 4) is 6.07 Å². The highest BCUT2D eigenvalue weighted by atomic mass is 35.5. The highest BCUT2D eigenvalue weighted by molar-refractivity contribution is 8.19. The number of amides is 1. The van der Waals surface area contributed by atoms with E-state index in [1.54, 1.807) is 24.3 Å². The second-order valence-electron chi connectivity index (χ2n) is 3.55. The monoisotopic (exact) mass is 278 g/mol. The van der Waals surface area contributed by atoms with Crippen molar-refractivity contribution in [1.29, 1.82) is 5.26 Å². The third kappa shape index (κ3) is 2.13. The highest BCUT2D eigenvalue weighted by Gasteiger charge is 2.34. The lowest BCUT2D eigenvalue weighted by Gasteiger charge is -2.10. The summed E-state index contributed by atoms with van der Waals surface area (Å²) < 4.78 is 0. The summed E-state index contributed by atoms with van der Waals surface area (Å²) >= 11 is 6.55. The van der Waals surface area contributed by atoms with Crippen LogP contribution >= 0.6 is 23.4 Å². The summed E-state index contributed by atoms with van der Waals surface area (Å²) in [7, 11) is 1.48. The molecule has 1 fully saturated rings. The Morgan fingerprint density at radius 2 is 1.94 bits per heavy atom. The van der Waals surface area contributed by atoms with E-state index in [0.29, 0.717) is 21.2 Å². The van der Waals surface area contributed by atoms with Gasteiger partial charge in [-0.3, -0.25) is 9.59 Å². The Kier molecular flexibility index (Phi) is 3.41. The SMILES string of the molecule is CN1C(=O)C(=O)S/C1=C(/C#N)c1ccc(Cl)cc1. The van der Waals surface area contributed by atoms with Gasteiger partial charge in [0.2, 0.25) is 0 Å². The van der Waals surface area contributed by atoms with Gasteiger partial charge in [0.1, 0.15) is 11.1 Å². The van der Waals surface area contributed by atoms with E-state index in [9.17, 15) is 14.9 Å². The molecule has 0 N–H and O–H groups in total. The average molecular weight is 279 g/mol. The van der Waals surface area contributed by atoms with Crippen molar-refractivity contribution >= 4 is 40.0 Å². The second-order valence-corrected chi connectivity index (χ2v) is 4.95. The van der Waals surface area contributed by atoms with Crippen LogP contribution in [0.1, 0.15) is 5.56 Å². The standard InChI is InChI=1S/C12H7ClN2O2S/c1-15-10(16)12(17)18-11(15)9(6-14)7-2-4-8(13)5-3-7/h2-5H,1H3/b11-9-. The predicted molar refractivity (Wildman–Crippen MR) is 69.4 cm³/mol. The third-order valence-electron chi connectivity index (χ3n) is 2.43. The molecule has 1 aliphatic rings. The fraction of sp³-hybridized carbons (Fsp3) is 0.0833. The Hall–Kier alpha value is -1.77. The zero-order valence-corrected chi connectivity index (χ0v) is 10.9. The molecule has 0 saturated carbocycles. The van der Waals surface area contributed by atoms with Gasteiger partial charge in [0, 0.05) is 12.1 Å². The van der Waals surface area contributed by atoms with Crippen molar-refractivity contribution < 1.29 is 9.59 Å². The number of benzene rings is 1. The summed E-state index contributed by atoms with van der Waals surface area (Å²) in [5, 5.41) is 9.53. The number of thioether (sulfide) groups is 1. The predicted octanol–water partition coefficient (Wildman–Crippen LogP) is 2.26. The molecule has 1 aromatic rings. The summed E-state index contributed by atoms with van der Waals surface area (Å²) in [5.41, 5.74) is 0.914. The van der Waals surface area contributed by atoms with Crippen LogP contribution in [0, 0.1) is 11.3 Å². The van der Waals surface area contributed by atoms with Gasteiger partial charge in [-0.15, -0.1) is 0 Å². The van der Waals surface area contributed by atoms with Crippen molar-refractivity contribution in [2.45, 2.75) is 0 Å². The van der Waals surface area contributed by atoms with E-state index < -0.39 is 11.0 Å². The van der Waals surface area contributed by atoms with Crippen LogP contribution in [0.15, 0.2) is 29.3 Å². The fourth-order valence-electron chi connectivity index (χ4n) is 1.50. The van der Waals surface area contributed by atoms with Crippen molar-refractivity contribution in [3.05, 3.63) is 39.9 Å². The fourth-order valence-corrected chi connectivity index (χ4v) is 2.51. The van der Waals surface area contributed by atoms with Crippen LogP contribution in [0.2, 0.25) is 5.02 Å². The number of nitriles is 1. The molecule has 4 nitrogen and oxygen atoms in total. The normalized spacial score (nSPS) is 17.9. The van der Waals surface area contributed by atoms with E-state index in [4.69, 9.17) is 11.6 Å². The average Bonchev–Trinajstić information content (AvgIpc) is 2.61. The first-order valence-corrected chi connectivity index (χ1v) is 6.14. The summed E-state index contributed by atoms with van der Waals surface area (Å²) in [4.78, 5) is 23.9. The first kappa shape index (κ1) is 12.7. The number of hydrogen-bond acceptors (Lipinski definition) is 4. The molecule has 2 rings (SSSR count). The second kappa shape index (κ2) is 4.84. The van der Waals surface area contributed by atoms with Crippen LogP contribution in [-0.2, 0) is 9.59 Å². The van der Waals surface area contributed by atoms with E-state index in [1.165, 1.54) is 11.9 Å². The summed E-state index contributed by atoms with van der Waals surface area (Å²) in [6, 6.07) is 8.67. The van der Waals surface area contributed by atoms with E-state index >= 15 is 0 Å². The molecule has 6 heteroatoms. The molecular weight excluding hydrogens is 272 g/mol. The molecule has 1 amide bonds. The molecule has 1 aliphatic heterocycles. The molecular formula is C12H7ClN2O2S. The van der Waals surface area contributed by atoms with Gasteiger partial charge in [-0.05, 0) is 29.5 Å². The van der Waals surface area contributed by atoms with E-state index in [-0.39, 0.29) is 0 Å². The van der Waals surface area contributed by atoms with E-state index in [0.717, 1.165) is 11.8 Å². The number of carbonyl (C=O) groups excluding carboxylic acids is 2. The minimum atomic E-state index is -0.614. The van der Waals surface area contributed by atoms with Crippen molar-refractivity contribution in [2.75, 3.05) is 7.05 Å². The maximum atomic E-state index is 11.4. The van der Waals surface area contributed by atoms with Gasteiger partial charge >= 0.3 is 5.91 Å². The van der Waals surface area contributed by atoms with Crippen LogP contribution in [0.25, 0.3) is 5.57 Å². The van der Waals surface area contributed by atoms with Crippen LogP contribution in [0.5, 0.6) is 0 Å². The Morgan fingerprint density at radius 3 is 2.39 bits per heavy atom. The molecule has 0 atom stereocenters. The quantitative estimate of drug-likeness (QED) is 0.584. The van der Waals surface area contributed by atoms with Gasteiger partial charge in [0.15, 0.2) is 0 Å². The minimum Gasteiger partial charge on any atom is -0.301 e. The molecule has 1 heterocycles. The third-order valence-corrected chi connectivity index (χ3v) is 3.72. The molecule has 90 valence electrons. The molecule has 0 bridgehead atoms. The number of hydrogen-bond donors (Lipinski definition) is 0. The first-order valence-electron chi connectivity index (χ1n) is 4.94. The summed E-state index contributed by atoms with van der Waals surface area (Å²) in [6.45, 7) is 0. The van der Waals surface area contributed by atoms with E-state index in [1.807, 2.05) is 6.07 Å². The maximum Gasteiger partial charge on any atom is 0.306 e. The number of carbonyl (C=O) groups is 2. The number of rotatable bonds is 1. The lowest BCUT2D eigenvalue weighted by Crippen LogP contribution is -2.22. The largest absolute Gasteiger partial charge is 0.306 e. The van der Waals surface area contributed by atoms with Crippen molar-refractivity contribution in [1.82, 2.24) is 4.90 Å². The van der Waals surface area contributed by atoms with Gasteiger partial charge in [-0.25, -0.2) is 0 Å². The lowest BCUT2D eigenvalue weighted by molar-refractivity contribution is -0.136. The number of likely N-dealkylation sites (N-methyl/N-ethyl adjacent to an activating group) is 1. The Bertz CT molecular complexity index is 601. The molecule has 0 aliphatic carbocycles. The zero-order valence-electron chi connectivity index (χ0n) is 9.31. The Balaban J connectivity index is 2.53. The Morgan fingerprint density at radius 1 is 1.33 bits per heavy atom. The number of allylic oxidation sites excluding steroid dienone is 1. The molecule has 1 saturated heterocycles. The molecule has 1 aromatic carbocycles. The van der Waals surface area contributed by atoms with Crippen LogP contribution in [0.4, 0.5) is 0 Å². The molecule has 18 heavy (non-hydrogen) atoms. The smallest absolute Gasteiger partial charge is 0.301 e. The summed E-state index contributed by atoms with van der Waals surface area (Å²) in [6.07, 6.45) is 0. The maximum absolute atomic E-state index is 11.4. The van der Waals surface area contributed by atoms with Crippen molar-refractivity contribution in [3.63, 3.8) is 0 Å². The molecule has 0 radical (unpaired) electrons. The van der Waals surface area contributed by atoms with Gasteiger partial charge in [0.05, 0.1) is 5.57 Å². The van der Waals surface area contributed by atoms with E-state index in [2.05, 4.69) is 0 Å². The lowest BCUT2D eigenvalue weighted by atomic mass is 10.1. The van der Waals surface area contributed by atoms with Gasteiger partial charge in [-0.2, -0.15) is 5.26 Å². The Labute approximate surface area is 113 Å². The van der Waals surface area contributed by atoms with Crippen LogP contribution < -0.4 is 0 Å². The van der Waals surface area contributed by atoms with Gasteiger partial charge in [-0.1, -0.05) is 23.7 Å². The summed E-state index contributed by atoms with van der Waals surface area (Å²) in [5.74, 6) is -0.614. The number of halogens is 1. The number of nitrogens with zero attached hydrogens (tertiary/aromatic N) is 2. The van der Waals surface area contributed by atoms with Gasteiger partial charge in [0.25, 0.3) is 5.12 Å². The molecule has 0 spiro atoms. The van der Waals surface area contributed by atoms with Gasteiger partial charge < -0.3 is 4.90 Å². The molecule has 0 aromatic heterocycles. The topological polar surface area (TPSA) is 61.2 Å². The minimum absolute atomic E-state index is 0.290. The van der Waals surface area contributed by atoms with Crippen LogP contribution in [0.3, 0.4) is 0 Å². The van der Waals surface area contributed by atoms with Crippen molar-refractivity contribution in [2.24, 2.45) is 0 Å².